The van der Waals surface area contributed by atoms with E-state index in [-0.39, 0.29) is 0 Å². The van der Waals surface area contributed by atoms with Gasteiger partial charge in [0.2, 0.25) is 0 Å². The summed E-state index contributed by atoms with van der Waals surface area (Å²) < 4.78 is 6.33. The SMILES string of the molecule is c1nc(NC2CC2)cc(N2CCC(OC3CCCCC3)CC2)n1. The van der Waals surface area contributed by atoms with Crippen molar-refractivity contribution in [1.82, 2.24) is 9.97 Å². The topological polar surface area (TPSA) is 50.3 Å². The molecule has 1 saturated heterocycles. The van der Waals surface area contributed by atoms with Crippen molar-refractivity contribution >= 4 is 11.6 Å². The molecule has 2 saturated carbocycles. The second kappa shape index (κ2) is 7.04. The van der Waals surface area contributed by atoms with Crippen LogP contribution in [0, 0.1) is 0 Å². The molecule has 1 N–H and O–H groups in total. The summed E-state index contributed by atoms with van der Waals surface area (Å²) in [5.41, 5.74) is 0. The highest BCUT2D eigenvalue weighted by molar-refractivity contribution is 5.49. The normalized spacial score (nSPS) is 23.9. The van der Waals surface area contributed by atoms with Gasteiger partial charge in [-0.3, -0.25) is 0 Å². The Kier molecular flexibility index (Phi) is 4.64. The molecule has 0 bridgehead atoms. The molecule has 5 heteroatoms. The molecule has 23 heavy (non-hydrogen) atoms. The van der Waals surface area contributed by atoms with Crippen LogP contribution >= 0.6 is 0 Å². The van der Waals surface area contributed by atoms with Crippen molar-refractivity contribution in [3.8, 4) is 0 Å². The maximum absolute atomic E-state index is 6.33. The molecule has 1 aromatic rings. The molecule has 2 aliphatic carbocycles. The van der Waals surface area contributed by atoms with Crippen LogP contribution in [0.1, 0.15) is 57.8 Å². The molecule has 0 spiro atoms. The van der Waals surface area contributed by atoms with Gasteiger partial charge in [-0.15, -0.1) is 0 Å². The molecule has 3 fully saturated rings. The first kappa shape index (κ1) is 15.2. The van der Waals surface area contributed by atoms with E-state index in [9.17, 15) is 0 Å². The highest BCUT2D eigenvalue weighted by Crippen LogP contribution is 2.28. The van der Waals surface area contributed by atoms with Gasteiger partial charge < -0.3 is 15.0 Å². The number of hydrogen-bond donors (Lipinski definition) is 1. The van der Waals surface area contributed by atoms with Crippen molar-refractivity contribution in [3.63, 3.8) is 0 Å². The Morgan fingerprint density at radius 3 is 2.39 bits per heavy atom. The minimum absolute atomic E-state index is 0.445. The molecule has 0 radical (unpaired) electrons. The van der Waals surface area contributed by atoms with Gasteiger partial charge in [0.1, 0.15) is 18.0 Å². The standard InChI is InChI=1S/C18H28N4O/c1-2-4-15(5-3-1)23-16-8-10-22(11-9-16)18-12-17(19-13-20-18)21-14-6-7-14/h12-16H,1-11H2,(H,19,20,21). The van der Waals surface area contributed by atoms with Crippen LogP contribution < -0.4 is 10.2 Å². The summed E-state index contributed by atoms with van der Waals surface area (Å²) in [4.78, 5) is 11.2. The van der Waals surface area contributed by atoms with Gasteiger partial charge in [0.15, 0.2) is 0 Å². The van der Waals surface area contributed by atoms with Gasteiger partial charge in [-0.1, -0.05) is 19.3 Å². The van der Waals surface area contributed by atoms with E-state index in [1.54, 1.807) is 6.33 Å². The fourth-order valence-corrected chi connectivity index (χ4v) is 3.73. The largest absolute Gasteiger partial charge is 0.375 e. The summed E-state index contributed by atoms with van der Waals surface area (Å²) in [7, 11) is 0. The third-order valence-corrected chi connectivity index (χ3v) is 5.29. The van der Waals surface area contributed by atoms with Crippen molar-refractivity contribution in [2.45, 2.75) is 76.0 Å². The van der Waals surface area contributed by atoms with E-state index in [0.29, 0.717) is 18.2 Å². The third-order valence-electron chi connectivity index (χ3n) is 5.29. The predicted octanol–water partition coefficient (Wildman–Crippen LogP) is 3.37. The minimum Gasteiger partial charge on any atom is -0.375 e. The number of piperidine rings is 1. The Balaban J connectivity index is 1.28. The lowest BCUT2D eigenvalue weighted by atomic mass is 9.97. The molecule has 126 valence electrons. The number of ether oxygens (including phenoxy) is 1. The van der Waals surface area contributed by atoms with Crippen LogP contribution in [0.5, 0.6) is 0 Å². The number of rotatable bonds is 5. The van der Waals surface area contributed by atoms with Gasteiger partial charge in [0.25, 0.3) is 0 Å². The van der Waals surface area contributed by atoms with Crippen molar-refractivity contribution in [2.24, 2.45) is 0 Å². The van der Waals surface area contributed by atoms with E-state index in [1.807, 2.05) is 0 Å². The Morgan fingerprint density at radius 1 is 0.913 bits per heavy atom. The number of aromatic nitrogens is 2. The van der Waals surface area contributed by atoms with Gasteiger partial charge in [-0.05, 0) is 38.5 Å². The summed E-state index contributed by atoms with van der Waals surface area (Å²) >= 11 is 0. The van der Waals surface area contributed by atoms with E-state index in [1.165, 1.54) is 44.9 Å². The van der Waals surface area contributed by atoms with E-state index >= 15 is 0 Å². The molecule has 0 amide bonds. The number of nitrogens with one attached hydrogen (secondary N) is 1. The van der Waals surface area contributed by atoms with Gasteiger partial charge in [-0.2, -0.15) is 0 Å². The quantitative estimate of drug-likeness (QED) is 0.902. The average molecular weight is 316 g/mol. The molecule has 1 aromatic heterocycles. The molecular formula is C18H28N4O. The lowest BCUT2D eigenvalue weighted by molar-refractivity contribution is -0.0395. The molecule has 2 heterocycles. The van der Waals surface area contributed by atoms with E-state index in [2.05, 4.69) is 26.3 Å². The monoisotopic (exact) mass is 316 g/mol. The zero-order valence-electron chi connectivity index (χ0n) is 13.9. The fourth-order valence-electron chi connectivity index (χ4n) is 3.73. The van der Waals surface area contributed by atoms with E-state index in [0.717, 1.165) is 37.6 Å². The van der Waals surface area contributed by atoms with Crippen molar-refractivity contribution in [2.75, 3.05) is 23.3 Å². The molecular weight excluding hydrogens is 288 g/mol. The number of anilines is 2. The van der Waals surface area contributed by atoms with Gasteiger partial charge >= 0.3 is 0 Å². The van der Waals surface area contributed by atoms with Crippen molar-refractivity contribution < 1.29 is 4.74 Å². The summed E-state index contributed by atoms with van der Waals surface area (Å²) in [5.74, 6) is 2.03. The Hall–Kier alpha value is -1.36. The summed E-state index contributed by atoms with van der Waals surface area (Å²) in [6.07, 6.45) is 14.0. The van der Waals surface area contributed by atoms with Gasteiger partial charge in [0, 0.05) is 25.2 Å². The maximum Gasteiger partial charge on any atom is 0.134 e. The molecule has 5 nitrogen and oxygen atoms in total. The first-order valence-corrected chi connectivity index (χ1v) is 9.36. The van der Waals surface area contributed by atoms with Crippen LogP contribution in [0.3, 0.4) is 0 Å². The van der Waals surface area contributed by atoms with Crippen LogP contribution in [0.25, 0.3) is 0 Å². The van der Waals surface area contributed by atoms with Crippen LogP contribution in [0.15, 0.2) is 12.4 Å². The number of hydrogen-bond acceptors (Lipinski definition) is 5. The molecule has 3 aliphatic rings. The summed E-state index contributed by atoms with van der Waals surface area (Å²) in [6.45, 7) is 2.08. The Labute approximate surface area is 138 Å². The predicted molar refractivity (Wildman–Crippen MR) is 91.9 cm³/mol. The zero-order chi connectivity index (χ0) is 15.5. The van der Waals surface area contributed by atoms with Crippen LogP contribution in [0.4, 0.5) is 11.6 Å². The highest BCUT2D eigenvalue weighted by atomic mass is 16.5. The van der Waals surface area contributed by atoms with Crippen molar-refractivity contribution in [1.29, 1.82) is 0 Å². The average Bonchev–Trinajstić information content (AvgIpc) is 3.41. The highest BCUT2D eigenvalue weighted by Gasteiger charge is 2.25. The lowest BCUT2D eigenvalue weighted by Crippen LogP contribution is -2.39. The first-order chi connectivity index (χ1) is 11.4. The Bertz CT molecular complexity index is 505. The molecule has 1 aliphatic heterocycles. The van der Waals surface area contributed by atoms with Gasteiger partial charge in [0.05, 0.1) is 12.2 Å². The van der Waals surface area contributed by atoms with E-state index < -0.39 is 0 Å². The third kappa shape index (κ3) is 4.14. The fraction of sp³-hybridized carbons (Fsp3) is 0.778. The molecule has 0 unspecified atom stereocenters. The minimum atomic E-state index is 0.445. The zero-order valence-corrected chi connectivity index (χ0v) is 13.9. The molecule has 4 rings (SSSR count). The van der Waals surface area contributed by atoms with Gasteiger partial charge in [-0.25, -0.2) is 9.97 Å². The summed E-state index contributed by atoms with van der Waals surface area (Å²) in [6, 6.07) is 2.73. The number of nitrogens with zero attached hydrogens (tertiary/aromatic N) is 3. The smallest absolute Gasteiger partial charge is 0.134 e. The van der Waals surface area contributed by atoms with Crippen LogP contribution in [-0.4, -0.2) is 41.3 Å². The van der Waals surface area contributed by atoms with E-state index in [4.69, 9.17) is 4.74 Å². The second-order valence-corrected chi connectivity index (χ2v) is 7.26. The van der Waals surface area contributed by atoms with Crippen molar-refractivity contribution in [3.05, 3.63) is 12.4 Å². The molecule has 0 aromatic carbocycles. The second-order valence-electron chi connectivity index (χ2n) is 7.26. The van der Waals surface area contributed by atoms with Crippen LogP contribution in [0.2, 0.25) is 0 Å². The Morgan fingerprint density at radius 2 is 1.65 bits per heavy atom. The molecule has 0 atom stereocenters. The maximum atomic E-state index is 6.33. The first-order valence-electron chi connectivity index (χ1n) is 9.36. The lowest BCUT2D eigenvalue weighted by Gasteiger charge is -2.35. The summed E-state index contributed by atoms with van der Waals surface area (Å²) in [5, 5.41) is 3.46. The van der Waals surface area contributed by atoms with Crippen LogP contribution in [-0.2, 0) is 4.74 Å².